The third-order valence-corrected chi connectivity index (χ3v) is 5.84. The van der Waals surface area contributed by atoms with Crippen molar-refractivity contribution < 1.29 is 14.7 Å². The predicted molar refractivity (Wildman–Crippen MR) is 119 cm³/mol. The Morgan fingerprint density at radius 3 is 2.81 bits per heavy atom. The van der Waals surface area contributed by atoms with E-state index in [9.17, 15) is 14.7 Å². The van der Waals surface area contributed by atoms with Gasteiger partial charge in [0.2, 0.25) is 0 Å². The molecular weight excluding hydrogens is 416 g/mol. The first-order valence-corrected chi connectivity index (χ1v) is 10.5. The quantitative estimate of drug-likeness (QED) is 0.546. The average molecular weight is 439 g/mol. The van der Waals surface area contributed by atoms with E-state index in [-0.39, 0.29) is 11.8 Å². The standard InChI is InChI=1S/C23H23ClN4O3/c24-17-6-4-15(5-7-17)13-28-14-26-12-21(28)22(29)27-18-3-1-2-16(10-18)20-11-25-9-8-19(20)23(30)31/h1-7,10,12,14,19-20,25H,8-9,11,13H2,(H,27,29)(H,30,31)/t19-,20+/m1/s1. The van der Waals surface area contributed by atoms with Gasteiger partial charge >= 0.3 is 5.97 Å². The summed E-state index contributed by atoms with van der Waals surface area (Å²) in [5.41, 5.74) is 2.95. The fourth-order valence-electron chi connectivity index (χ4n) is 3.97. The second-order valence-electron chi connectivity index (χ2n) is 7.66. The Balaban J connectivity index is 1.50. The molecule has 0 bridgehead atoms. The maximum absolute atomic E-state index is 12.9. The highest BCUT2D eigenvalue weighted by molar-refractivity contribution is 6.30. The Bertz CT molecular complexity index is 1080. The average Bonchev–Trinajstić information content (AvgIpc) is 3.24. The number of piperidine rings is 1. The van der Waals surface area contributed by atoms with Crippen LogP contribution < -0.4 is 10.6 Å². The third-order valence-electron chi connectivity index (χ3n) is 5.58. The van der Waals surface area contributed by atoms with E-state index in [4.69, 9.17) is 11.6 Å². The topological polar surface area (TPSA) is 96.2 Å². The molecule has 1 aliphatic rings. The number of halogens is 1. The van der Waals surface area contributed by atoms with Crippen LogP contribution in [0.25, 0.3) is 0 Å². The number of imidazole rings is 1. The van der Waals surface area contributed by atoms with Gasteiger partial charge in [-0.1, -0.05) is 35.9 Å². The van der Waals surface area contributed by atoms with Crippen LogP contribution in [0.5, 0.6) is 0 Å². The van der Waals surface area contributed by atoms with Crippen LogP contribution in [0.1, 0.15) is 34.0 Å². The summed E-state index contributed by atoms with van der Waals surface area (Å²) in [6.07, 6.45) is 3.73. The molecule has 2 heterocycles. The van der Waals surface area contributed by atoms with Crippen LogP contribution >= 0.6 is 11.6 Å². The molecule has 0 unspecified atom stereocenters. The number of aromatic nitrogens is 2. The van der Waals surface area contributed by atoms with Gasteiger partial charge in [0.25, 0.3) is 5.91 Å². The smallest absolute Gasteiger partial charge is 0.307 e. The maximum atomic E-state index is 12.9. The highest BCUT2D eigenvalue weighted by Crippen LogP contribution is 2.31. The molecule has 2 aromatic carbocycles. The summed E-state index contributed by atoms with van der Waals surface area (Å²) >= 11 is 5.94. The Morgan fingerprint density at radius 2 is 2.03 bits per heavy atom. The number of hydrogen-bond donors (Lipinski definition) is 3. The number of rotatable bonds is 6. The fourth-order valence-corrected chi connectivity index (χ4v) is 4.09. The van der Waals surface area contributed by atoms with Gasteiger partial charge in [-0.15, -0.1) is 0 Å². The van der Waals surface area contributed by atoms with Crippen molar-refractivity contribution in [3.05, 3.63) is 82.9 Å². The van der Waals surface area contributed by atoms with Crippen molar-refractivity contribution >= 4 is 29.2 Å². The molecule has 1 fully saturated rings. The molecule has 3 aromatic rings. The second kappa shape index (κ2) is 9.32. The van der Waals surface area contributed by atoms with Crippen LogP contribution in [0.4, 0.5) is 5.69 Å². The maximum Gasteiger partial charge on any atom is 0.307 e. The van der Waals surface area contributed by atoms with Crippen LogP contribution in [0, 0.1) is 5.92 Å². The number of carbonyl (C=O) groups is 2. The second-order valence-corrected chi connectivity index (χ2v) is 8.09. The first kappa shape index (κ1) is 21.1. The van der Waals surface area contributed by atoms with Gasteiger partial charge in [0.05, 0.1) is 18.4 Å². The molecule has 1 saturated heterocycles. The lowest BCUT2D eigenvalue weighted by molar-refractivity contribution is -0.143. The molecule has 0 aliphatic carbocycles. The molecule has 0 saturated carbocycles. The summed E-state index contributed by atoms with van der Waals surface area (Å²) in [5, 5.41) is 16.4. The van der Waals surface area contributed by atoms with Gasteiger partial charge in [-0.2, -0.15) is 0 Å². The molecule has 0 radical (unpaired) electrons. The number of hydrogen-bond acceptors (Lipinski definition) is 4. The Kier molecular flexibility index (Phi) is 6.34. The van der Waals surface area contributed by atoms with Gasteiger partial charge in [0.15, 0.2) is 0 Å². The lowest BCUT2D eigenvalue weighted by Gasteiger charge is -2.29. The number of carboxylic acid groups (broad SMARTS) is 1. The molecular formula is C23H23ClN4O3. The van der Waals surface area contributed by atoms with E-state index < -0.39 is 11.9 Å². The lowest BCUT2D eigenvalue weighted by Crippen LogP contribution is -2.38. The largest absolute Gasteiger partial charge is 0.481 e. The molecule has 7 nitrogen and oxygen atoms in total. The van der Waals surface area contributed by atoms with E-state index in [0.717, 1.165) is 11.1 Å². The number of carbonyl (C=O) groups excluding carboxylic acids is 1. The molecule has 1 aromatic heterocycles. The summed E-state index contributed by atoms with van der Waals surface area (Å²) < 4.78 is 1.77. The zero-order valence-electron chi connectivity index (χ0n) is 16.8. The highest BCUT2D eigenvalue weighted by Gasteiger charge is 2.31. The minimum absolute atomic E-state index is 0.140. The number of nitrogens with zero attached hydrogens (tertiary/aromatic N) is 2. The van der Waals surface area contributed by atoms with E-state index >= 15 is 0 Å². The van der Waals surface area contributed by atoms with Gasteiger partial charge in [-0.05, 0) is 48.4 Å². The molecule has 0 spiro atoms. The van der Waals surface area contributed by atoms with Crippen LogP contribution in [0.3, 0.4) is 0 Å². The van der Waals surface area contributed by atoms with E-state index in [1.165, 1.54) is 6.20 Å². The van der Waals surface area contributed by atoms with E-state index in [0.29, 0.717) is 42.5 Å². The molecule has 4 rings (SSSR count). The van der Waals surface area contributed by atoms with Crippen LogP contribution in [-0.2, 0) is 11.3 Å². The predicted octanol–water partition coefficient (Wildman–Crippen LogP) is 3.61. The fraction of sp³-hybridized carbons (Fsp3) is 0.261. The lowest BCUT2D eigenvalue weighted by atomic mass is 9.81. The van der Waals surface area contributed by atoms with Gasteiger partial charge in [-0.3, -0.25) is 9.59 Å². The summed E-state index contributed by atoms with van der Waals surface area (Å²) in [7, 11) is 0. The van der Waals surface area contributed by atoms with Crippen molar-refractivity contribution in [2.75, 3.05) is 18.4 Å². The Labute approximate surface area is 185 Å². The minimum Gasteiger partial charge on any atom is -0.481 e. The molecule has 160 valence electrons. The van der Waals surface area contributed by atoms with E-state index in [1.807, 2.05) is 42.5 Å². The normalized spacial score (nSPS) is 18.5. The number of benzene rings is 2. The first-order valence-electron chi connectivity index (χ1n) is 10.1. The highest BCUT2D eigenvalue weighted by atomic mass is 35.5. The molecule has 3 N–H and O–H groups in total. The van der Waals surface area contributed by atoms with Crippen molar-refractivity contribution in [1.29, 1.82) is 0 Å². The zero-order valence-corrected chi connectivity index (χ0v) is 17.5. The van der Waals surface area contributed by atoms with Crippen molar-refractivity contribution in [2.45, 2.75) is 18.9 Å². The molecule has 31 heavy (non-hydrogen) atoms. The van der Waals surface area contributed by atoms with Crippen LogP contribution in [-0.4, -0.2) is 39.6 Å². The molecule has 1 aliphatic heterocycles. The van der Waals surface area contributed by atoms with Crippen molar-refractivity contribution in [1.82, 2.24) is 14.9 Å². The van der Waals surface area contributed by atoms with Crippen molar-refractivity contribution in [2.24, 2.45) is 5.92 Å². The SMILES string of the molecule is O=C(Nc1cccc([C@@H]2CNCC[C@H]2C(=O)O)c1)c1cncn1Cc1ccc(Cl)cc1. The van der Waals surface area contributed by atoms with E-state index in [2.05, 4.69) is 15.6 Å². The summed E-state index contributed by atoms with van der Waals surface area (Å²) in [5.74, 6) is -1.64. The van der Waals surface area contributed by atoms with Crippen molar-refractivity contribution in [3.8, 4) is 0 Å². The molecule has 8 heteroatoms. The Morgan fingerprint density at radius 1 is 1.23 bits per heavy atom. The number of anilines is 1. The zero-order chi connectivity index (χ0) is 21.8. The minimum atomic E-state index is -0.785. The first-order chi connectivity index (χ1) is 15.0. The number of aliphatic carboxylic acids is 1. The van der Waals surface area contributed by atoms with Crippen LogP contribution in [0.15, 0.2) is 61.1 Å². The van der Waals surface area contributed by atoms with Gasteiger partial charge in [-0.25, -0.2) is 4.98 Å². The molecule has 2 atom stereocenters. The van der Waals surface area contributed by atoms with Gasteiger partial charge in [0.1, 0.15) is 5.69 Å². The Hall–Kier alpha value is -3.16. The monoisotopic (exact) mass is 438 g/mol. The number of carboxylic acids is 1. The number of amides is 1. The van der Waals surface area contributed by atoms with Crippen LogP contribution in [0.2, 0.25) is 5.02 Å². The summed E-state index contributed by atoms with van der Waals surface area (Å²) in [6, 6.07) is 14.8. The van der Waals surface area contributed by atoms with Crippen molar-refractivity contribution in [3.63, 3.8) is 0 Å². The van der Waals surface area contributed by atoms with Gasteiger partial charge < -0.3 is 20.3 Å². The summed E-state index contributed by atoms with van der Waals surface area (Å²) in [4.78, 5) is 28.7. The third kappa shape index (κ3) is 4.95. The molecule has 1 amide bonds. The summed E-state index contributed by atoms with van der Waals surface area (Å²) in [6.45, 7) is 1.79. The van der Waals surface area contributed by atoms with Gasteiger partial charge in [0, 0.05) is 29.7 Å². The number of nitrogens with one attached hydrogen (secondary N) is 2. The van der Waals surface area contributed by atoms with E-state index in [1.54, 1.807) is 17.0 Å².